The standard InChI is InChI=1S/C22H19ClN6O/c23-15-3-1-2-13(8-15)16-9-18(29-22-20(16)21(24)27-12-28-22)14-4-5-17(26-10-14)19-11-25-6-7-30-19/h1-5,8-10,12,19,25H,6-7,11H2,(H2,24,27,28,29). The third-order valence-electron chi connectivity index (χ3n) is 5.11. The van der Waals surface area contributed by atoms with Crippen LogP contribution in [0.3, 0.4) is 0 Å². The lowest BCUT2D eigenvalue weighted by Crippen LogP contribution is -2.33. The lowest BCUT2D eigenvalue weighted by Gasteiger charge is -2.23. The van der Waals surface area contributed by atoms with Crippen LogP contribution in [0.5, 0.6) is 0 Å². The van der Waals surface area contributed by atoms with Crippen molar-refractivity contribution in [2.75, 3.05) is 25.4 Å². The Morgan fingerprint density at radius 3 is 2.77 bits per heavy atom. The number of hydrogen-bond donors (Lipinski definition) is 2. The normalized spacial score (nSPS) is 16.6. The molecule has 0 amide bonds. The summed E-state index contributed by atoms with van der Waals surface area (Å²) in [6.07, 6.45) is 3.20. The molecule has 1 saturated heterocycles. The van der Waals surface area contributed by atoms with Crippen molar-refractivity contribution in [1.29, 1.82) is 0 Å². The predicted molar refractivity (Wildman–Crippen MR) is 117 cm³/mol. The fraction of sp³-hybridized carbons (Fsp3) is 0.182. The number of aromatic nitrogens is 4. The first-order valence-electron chi connectivity index (χ1n) is 9.65. The smallest absolute Gasteiger partial charge is 0.165 e. The lowest BCUT2D eigenvalue weighted by molar-refractivity contribution is 0.0250. The van der Waals surface area contributed by atoms with Crippen molar-refractivity contribution in [1.82, 2.24) is 25.3 Å². The predicted octanol–water partition coefficient (Wildman–Crippen LogP) is 3.65. The summed E-state index contributed by atoms with van der Waals surface area (Å²) in [6.45, 7) is 2.31. The molecule has 4 heterocycles. The van der Waals surface area contributed by atoms with Crippen LogP contribution in [0.15, 0.2) is 55.0 Å². The third kappa shape index (κ3) is 3.59. The highest BCUT2D eigenvalue weighted by molar-refractivity contribution is 6.31. The number of ether oxygens (including phenoxy) is 1. The summed E-state index contributed by atoms with van der Waals surface area (Å²) in [5.74, 6) is 0.379. The molecule has 0 saturated carbocycles. The van der Waals surface area contributed by atoms with Gasteiger partial charge in [-0.15, -0.1) is 0 Å². The van der Waals surface area contributed by atoms with E-state index in [9.17, 15) is 0 Å². The number of pyridine rings is 2. The van der Waals surface area contributed by atoms with Crippen LogP contribution >= 0.6 is 11.6 Å². The molecule has 0 aliphatic carbocycles. The van der Waals surface area contributed by atoms with Crippen molar-refractivity contribution >= 4 is 28.5 Å². The van der Waals surface area contributed by atoms with Crippen LogP contribution in [0.2, 0.25) is 5.02 Å². The Morgan fingerprint density at radius 2 is 2.00 bits per heavy atom. The number of rotatable bonds is 3. The molecule has 3 N–H and O–H groups in total. The van der Waals surface area contributed by atoms with Gasteiger partial charge >= 0.3 is 0 Å². The van der Waals surface area contributed by atoms with Crippen molar-refractivity contribution in [3.63, 3.8) is 0 Å². The van der Waals surface area contributed by atoms with E-state index < -0.39 is 0 Å². The minimum Gasteiger partial charge on any atom is -0.383 e. The summed E-state index contributed by atoms with van der Waals surface area (Å²) < 4.78 is 5.78. The maximum absolute atomic E-state index is 6.23. The van der Waals surface area contributed by atoms with Gasteiger partial charge in [-0.25, -0.2) is 15.0 Å². The molecule has 1 unspecified atom stereocenters. The van der Waals surface area contributed by atoms with Gasteiger partial charge in [-0.05, 0) is 41.5 Å². The second kappa shape index (κ2) is 7.95. The van der Waals surface area contributed by atoms with Gasteiger partial charge in [-0.2, -0.15) is 0 Å². The van der Waals surface area contributed by atoms with Gasteiger partial charge in [0.1, 0.15) is 18.2 Å². The third-order valence-corrected chi connectivity index (χ3v) is 5.34. The second-order valence-corrected chi connectivity index (χ2v) is 7.49. The summed E-state index contributed by atoms with van der Waals surface area (Å²) in [7, 11) is 0. The molecule has 1 atom stereocenters. The Morgan fingerprint density at radius 1 is 1.07 bits per heavy atom. The van der Waals surface area contributed by atoms with Crippen LogP contribution < -0.4 is 11.1 Å². The fourth-order valence-corrected chi connectivity index (χ4v) is 3.81. The number of fused-ring (bicyclic) bond motifs is 1. The van der Waals surface area contributed by atoms with Crippen LogP contribution in [0.4, 0.5) is 5.82 Å². The first-order valence-corrected chi connectivity index (χ1v) is 10.0. The summed E-state index contributed by atoms with van der Waals surface area (Å²) in [4.78, 5) is 17.8. The topological polar surface area (TPSA) is 98.8 Å². The highest BCUT2D eigenvalue weighted by atomic mass is 35.5. The molecule has 0 spiro atoms. The van der Waals surface area contributed by atoms with Crippen molar-refractivity contribution in [2.24, 2.45) is 0 Å². The van der Waals surface area contributed by atoms with Crippen LogP contribution in [-0.4, -0.2) is 39.6 Å². The van der Waals surface area contributed by atoms with Crippen molar-refractivity contribution < 1.29 is 4.74 Å². The quantitative estimate of drug-likeness (QED) is 0.523. The zero-order valence-corrected chi connectivity index (χ0v) is 16.8. The zero-order valence-electron chi connectivity index (χ0n) is 16.0. The molecule has 5 rings (SSSR count). The second-order valence-electron chi connectivity index (χ2n) is 7.06. The number of nitrogens with two attached hydrogens (primary N) is 1. The number of hydrogen-bond acceptors (Lipinski definition) is 7. The van der Waals surface area contributed by atoms with E-state index >= 15 is 0 Å². The molecule has 8 heteroatoms. The molecule has 0 radical (unpaired) electrons. The monoisotopic (exact) mass is 418 g/mol. The van der Waals surface area contributed by atoms with E-state index in [4.69, 9.17) is 27.1 Å². The average Bonchev–Trinajstić information content (AvgIpc) is 2.79. The van der Waals surface area contributed by atoms with E-state index in [-0.39, 0.29) is 6.10 Å². The number of nitrogen functional groups attached to an aromatic ring is 1. The van der Waals surface area contributed by atoms with Crippen LogP contribution in [0, 0.1) is 0 Å². The number of nitrogens with one attached hydrogen (secondary N) is 1. The van der Waals surface area contributed by atoms with E-state index in [1.807, 2.05) is 48.7 Å². The summed E-state index contributed by atoms with van der Waals surface area (Å²) in [5, 5.41) is 4.66. The van der Waals surface area contributed by atoms with Crippen molar-refractivity contribution in [3.8, 4) is 22.4 Å². The minimum atomic E-state index is -0.0353. The largest absolute Gasteiger partial charge is 0.383 e. The Balaban J connectivity index is 1.61. The molecule has 0 bridgehead atoms. The number of nitrogens with zero attached hydrogens (tertiary/aromatic N) is 4. The maximum atomic E-state index is 6.23. The van der Waals surface area contributed by atoms with Crippen molar-refractivity contribution in [2.45, 2.75) is 6.10 Å². The molecule has 3 aromatic heterocycles. The first kappa shape index (κ1) is 18.9. The van der Waals surface area contributed by atoms with E-state index in [1.165, 1.54) is 6.33 Å². The highest BCUT2D eigenvalue weighted by Crippen LogP contribution is 2.34. The Bertz CT molecular complexity index is 1210. The molecule has 7 nitrogen and oxygen atoms in total. The first-order chi connectivity index (χ1) is 14.7. The Kier molecular flexibility index (Phi) is 5.00. The van der Waals surface area contributed by atoms with E-state index in [0.29, 0.717) is 28.5 Å². The van der Waals surface area contributed by atoms with Gasteiger partial charge in [0, 0.05) is 29.9 Å². The van der Waals surface area contributed by atoms with Crippen LogP contribution in [-0.2, 0) is 4.74 Å². The fourth-order valence-electron chi connectivity index (χ4n) is 3.62. The van der Waals surface area contributed by atoms with Gasteiger partial charge in [0.2, 0.25) is 0 Å². The van der Waals surface area contributed by atoms with Gasteiger partial charge in [-0.3, -0.25) is 4.98 Å². The summed E-state index contributed by atoms with van der Waals surface area (Å²) in [6, 6.07) is 13.6. The molecular formula is C22H19ClN6O. The molecule has 1 fully saturated rings. The number of morpholine rings is 1. The molecule has 1 aromatic carbocycles. The van der Waals surface area contributed by atoms with E-state index in [1.54, 1.807) is 0 Å². The van der Waals surface area contributed by atoms with Gasteiger partial charge in [-0.1, -0.05) is 23.7 Å². The number of anilines is 1. The minimum absolute atomic E-state index is 0.0353. The van der Waals surface area contributed by atoms with E-state index in [0.717, 1.165) is 41.2 Å². The van der Waals surface area contributed by atoms with Crippen molar-refractivity contribution in [3.05, 3.63) is 65.7 Å². The Labute approximate surface area is 178 Å². The van der Waals surface area contributed by atoms with Crippen LogP contribution in [0.1, 0.15) is 11.8 Å². The average molecular weight is 419 g/mol. The van der Waals surface area contributed by atoms with Gasteiger partial charge in [0.15, 0.2) is 5.65 Å². The van der Waals surface area contributed by atoms with E-state index in [2.05, 4.69) is 20.3 Å². The maximum Gasteiger partial charge on any atom is 0.165 e. The molecule has 30 heavy (non-hydrogen) atoms. The molecule has 150 valence electrons. The van der Waals surface area contributed by atoms with Crippen LogP contribution in [0.25, 0.3) is 33.4 Å². The molecule has 1 aliphatic rings. The summed E-state index contributed by atoms with van der Waals surface area (Å²) >= 11 is 6.23. The van der Waals surface area contributed by atoms with Gasteiger partial charge < -0.3 is 15.8 Å². The molecular weight excluding hydrogens is 400 g/mol. The van der Waals surface area contributed by atoms with Gasteiger partial charge in [0.05, 0.1) is 23.4 Å². The number of halogens is 1. The highest BCUT2D eigenvalue weighted by Gasteiger charge is 2.18. The summed E-state index contributed by atoms with van der Waals surface area (Å²) in [5.41, 5.74) is 11.0. The molecule has 4 aromatic rings. The van der Waals surface area contributed by atoms with Gasteiger partial charge in [0.25, 0.3) is 0 Å². The SMILES string of the molecule is Nc1ncnc2nc(-c3ccc(C4CNCCO4)nc3)cc(-c3cccc(Cl)c3)c12. The lowest BCUT2D eigenvalue weighted by atomic mass is 10.00. The zero-order chi connectivity index (χ0) is 20.5. The molecule has 1 aliphatic heterocycles. The number of benzene rings is 1. The Hall–Kier alpha value is -3.13.